The van der Waals surface area contributed by atoms with E-state index in [2.05, 4.69) is 20.3 Å². The summed E-state index contributed by atoms with van der Waals surface area (Å²) in [5.41, 5.74) is 7.14. The minimum atomic E-state index is -0.244. The first-order chi connectivity index (χ1) is 11.1. The van der Waals surface area contributed by atoms with Crippen LogP contribution in [0, 0.1) is 0 Å². The number of esters is 1. The maximum absolute atomic E-state index is 12.0. The van der Waals surface area contributed by atoms with Gasteiger partial charge in [-0.25, -0.2) is 0 Å². The molecule has 3 N–H and O–H groups in total. The molecule has 0 saturated heterocycles. The number of nitrogens with two attached hydrogens (primary N) is 1. The smallest absolute Gasteiger partial charge is 0.305 e. The molecule has 130 valence electrons. The molecule has 2 rings (SSSR count). The molecule has 0 spiro atoms. The summed E-state index contributed by atoms with van der Waals surface area (Å²) >= 11 is 1.31. The van der Waals surface area contributed by atoms with E-state index in [0.717, 1.165) is 10.6 Å². The molecule has 1 aromatic carbocycles. The van der Waals surface area contributed by atoms with Gasteiger partial charge in [0.05, 0.1) is 13.5 Å². The number of ether oxygens (including phenoxy) is 1. The van der Waals surface area contributed by atoms with Crippen LogP contribution in [0.4, 0.5) is 10.8 Å². The molecule has 1 heterocycles. The van der Waals surface area contributed by atoms with E-state index in [1.54, 1.807) is 12.1 Å². The highest BCUT2D eigenvalue weighted by molar-refractivity contribution is 7.15. The Kier molecular flexibility index (Phi) is 8.14. The zero-order valence-electron chi connectivity index (χ0n) is 13.2. The lowest BCUT2D eigenvalue weighted by Gasteiger charge is -2.02. The highest BCUT2D eigenvalue weighted by Crippen LogP contribution is 2.17. The average molecular weight is 371 g/mol. The summed E-state index contributed by atoms with van der Waals surface area (Å²) in [7, 11) is 1.36. The molecule has 0 aliphatic heterocycles. The van der Waals surface area contributed by atoms with E-state index >= 15 is 0 Å². The normalized spacial score (nSPS) is 9.88. The van der Waals surface area contributed by atoms with Crippen molar-refractivity contribution in [1.29, 1.82) is 0 Å². The van der Waals surface area contributed by atoms with Crippen molar-refractivity contribution >= 4 is 46.4 Å². The Hall–Kier alpha value is -2.19. The molecular formula is C15H19ClN4O3S. The second kappa shape index (κ2) is 9.84. The number of aryl methyl sites for hydroxylation is 1. The van der Waals surface area contributed by atoms with E-state index in [0.29, 0.717) is 30.1 Å². The Morgan fingerprint density at radius 1 is 1.25 bits per heavy atom. The number of rotatable bonds is 7. The zero-order valence-corrected chi connectivity index (χ0v) is 14.8. The molecule has 0 atom stereocenters. The Bertz CT molecular complexity index is 676. The van der Waals surface area contributed by atoms with Crippen LogP contribution in [0.5, 0.6) is 0 Å². The lowest BCUT2D eigenvalue weighted by molar-refractivity contribution is -0.140. The summed E-state index contributed by atoms with van der Waals surface area (Å²) in [6.07, 6.45) is 1.85. The fourth-order valence-electron chi connectivity index (χ4n) is 1.88. The monoisotopic (exact) mass is 370 g/mol. The van der Waals surface area contributed by atoms with Gasteiger partial charge in [0.25, 0.3) is 0 Å². The van der Waals surface area contributed by atoms with Crippen molar-refractivity contribution < 1.29 is 14.3 Å². The molecule has 0 aliphatic rings. The summed E-state index contributed by atoms with van der Waals surface area (Å²) in [5, 5.41) is 11.9. The van der Waals surface area contributed by atoms with Gasteiger partial charge in [-0.2, -0.15) is 0 Å². The number of nitrogens with zero attached hydrogens (tertiary/aromatic N) is 2. The molecule has 0 fully saturated rings. The van der Waals surface area contributed by atoms with Crippen LogP contribution < -0.4 is 11.1 Å². The van der Waals surface area contributed by atoms with Crippen molar-refractivity contribution in [1.82, 2.24) is 10.2 Å². The third-order valence-electron chi connectivity index (χ3n) is 3.06. The van der Waals surface area contributed by atoms with Gasteiger partial charge >= 0.3 is 5.97 Å². The number of nitrogens with one attached hydrogen (secondary N) is 1. The molecule has 0 bridgehead atoms. The number of hydrogen-bond acceptors (Lipinski definition) is 7. The predicted octanol–water partition coefficient (Wildman–Crippen LogP) is 2.22. The van der Waals surface area contributed by atoms with Gasteiger partial charge in [-0.05, 0) is 24.1 Å². The fourth-order valence-corrected chi connectivity index (χ4v) is 2.67. The van der Waals surface area contributed by atoms with Crippen molar-refractivity contribution in [3.05, 3.63) is 34.8 Å². The number of hydrogen-bond donors (Lipinski definition) is 2. The number of benzene rings is 1. The minimum absolute atomic E-state index is 0. The number of halogens is 1. The molecule has 7 nitrogen and oxygen atoms in total. The van der Waals surface area contributed by atoms with Gasteiger partial charge < -0.3 is 15.8 Å². The third-order valence-corrected chi connectivity index (χ3v) is 3.96. The van der Waals surface area contributed by atoms with Gasteiger partial charge in [-0.15, -0.1) is 22.6 Å². The summed E-state index contributed by atoms with van der Waals surface area (Å²) in [5.74, 6) is -0.404. The Morgan fingerprint density at radius 3 is 2.62 bits per heavy atom. The summed E-state index contributed by atoms with van der Waals surface area (Å²) in [6, 6.07) is 7.14. The van der Waals surface area contributed by atoms with Gasteiger partial charge in [0.2, 0.25) is 11.0 Å². The number of aromatic nitrogens is 2. The topological polar surface area (TPSA) is 107 Å². The first-order valence-electron chi connectivity index (χ1n) is 7.10. The van der Waals surface area contributed by atoms with E-state index in [1.165, 1.54) is 18.4 Å². The van der Waals surface area contributed by atoms with Gasteiger partial charge in [0.15, 0.2) is 0 Å². The number of methoxy groups -OCH3 is 1. The first-order valence-corrected chi connectivity index (χ1v) is 7.92. The number of amides is 1. The SMILES string of the molecule is COC(=O)CCCc1nnc(NC(=O)Cc2ccc(N)cc2)s1.Cl. The van der Waals surface area contributed by atoms with Crippen LogP contribution in [-0.2, 0) is 27.2 Å². The van der Waals surface area contributed by atoms with Crippen molar-refractivity contribution in [3.63, 3.8) is 0 Å². The van der Waals surface area contributed by atoms with E-state index in [1.807, 2.05) is 12.1 Å². The molecule has 1 aromatic heterocycles. The first kappa shape index (κ1) is 19.9. The average Bonchev–Trinajstić information content (AvgIpc) is 2.96. The van der Waals surface area contributed by atoms with Crippen molar-refractivity contribution in [2.24, 2.45) is 0 Å². The van der Waals surface area contributed by atoms with Gasteiger partial charge in [0.1, 0.15) is 5.01 Å². The van der Waals surface area contributed by atoms with Crippen LogP contribution in [0.15, 0.2) is 24.3 Å². The quantitative estimate of drug-likeness (QED) is 0.571. The van der Waals surface area contributed by atoms with Crippen LogP contribution in [0.25, 0.3) is 0 Å². The molecule has 9 heteroatoms. The number of anilines is 2. The zero-order chi connectivity index (χ0) is 16.7. The Labute approximate surface area is 150 Å². The number of carbonyl (C=O) groups is 2. The van der Waals surface area contributed by atoms with Crippen LogP contribution in [0.3, 0.4) is 0 Å². The largest absolute Gasteiger partial charge is 0.469 e. The summed E-state index contributed by atoms with van der Waals surface area (Å²) in [4.78, 5) is 23.0. The van der Waals surface area contributed by atoms with Gasteiger partial charge in [0, 0.05) is 18.5 Å². The molecule has 0 radical (unpaired) electrons. The molecule has 0 unspecified atom stereocenters. The Balaban J connectivity index is 0.00000288. The van der Waals surface area contributed by atoms with E-state index in [9.17, 15) is 9.59 Å². The van der Waals surface area contributed by atoms with Crippen LogP contribution in [0.1, 0.15) is 23.4 Å². The molecule has 24 heavy (non-hydrogen) atoms. The van der Waals surface area contributed by atoms with Gasteiger partial charge in [-0.3, -0.25) is 9.59 Å². The molecule has 1 amide bonds. The van der Waals surface area contributed by atoms with Crippen LogP contribution >= 0.6 is 23.7 Å². The number of carbonyl (C=O) groups excluding carboxylic acids is 2. The third kappa shape index (κ3) is 6.51. The molecule has 0 aliphatic carbocycles. The molecule has 0 saturated carbocycles. The van der Waals surface area contributed by atoms with Crippen molar-refractivity contribution in [2.75, 3.05) is 18.2 Å². The van der Waals surface area contributed by atoms with E-state index < -0.39 is 0 Å². The molecule has 2 aromatic rings. The second-order valence-electron chi connectivity index (χ2n) is 4.90. The highest BCUT2D eigenvalue weighted by Gasteiger charge is 2.10. The maximum atomic E-state index is 12.0. The van der Waals surface area contributed by atoms with Crippen molar-refractivity contribution in [2.45, 2.75) is 25.7 Å². The Morgan fingerprint density at radius 2 is 1.96 bits per heavy atom. The standard InChI is InChI=1S/C15H18N4O3S.ClH/c1-22-14(21)4-2-3-13-18-19-15(23-13)17-12(20)9-10-5-7-11(16)8-6-10;/h5-8H,2-4,9,16H2,1H3,(H,17,19,20);1H. The predicted molar refractivity (Wildman–Crippen MR) is 95.3 cm³/mol. The lowest BCUT2D eigenvalue weighted by atomic mass is 10.1. The maximum Gasteiger partial charge on any atom is 0.305 e. The van der Waals surface area contributed by atoms with Crippen molar-refractivity contribution in [3.8, 4) is 0 Å². The van der Waals surface area contributed by atoms with Gasteiger partial charge in [-0.1, -0.05) is 23.5 Å². The second-order valence-corrected chi connectivity index (χ2v) is 5.96. The van der Waals surface area contributed by atoms with Crippen LogP contribution in [-0.4, -0.2) is 29.2 Å². The van der Waals surface area contributed by atoms with Crippen LogP contribution in [0.2, 0.25) is 0 Å². The van der Waals surface area contributed by atoms with E-state index in [-0.39, 0.29) is 30.7 Å². The highest BCUT2D eigenvalue weighted by atomic mass is 35.5. The summed E-state index contributed by atoms with van der Waals surface area (Å²) < 4.78 is 4.57. The molecular weight excluding hydrogens is 352 g/mol. The van der Waals surface area contributed by atoms with E-state index in [4.69, 9.17) is 5.73 Å². The fraction of sp³-hybridized carbons (Fsp3) is 0.333. The summed E-state index contributed by atoms with van der Waals surface area (Å²) in [6.45, 7) is 0. The lowest BCUT2D eigenvalue weighted by Crippen LogP contribution is -2.14. The number of nitrogen functional groups attached to an aromatic ring is 1. The minimum Gasteiger partial charge on any atom is -0.469 e.